The average Bonchev–Trinajstić information content (AvgIpc) is 1.62. The molecule has 2 N–H and O–H groups in total. The topological polar surface area (TPSA) is 529 Å². The fraction of sp³-hybridized carbons (Fsp3) is 0.196. The Hall–Kier alpha value is -18.7. The number of nitrogens with one attached hydrogen (secondary N) is 2. The van der Waals surface area contributed by atoms with Crippen LogP contribution in [0.4, 0.5) is 45.5 Å². The largest absolute Gasteiger partial charge is 0.462 e. The first kappa shape index (κ1) is 95.1. The molecule has 4 aliphatic rings. The summed E-state index contributed by atoms with van der Waals surface area (Å²) in [5.41, 5.74) is -2.88. The highest BCUT2D eigenvalue weighted by molar-refractivity contribution is 6.01. The molecule has 24 bridgehead atoms. The summed E-state index contributed by atoms with van der Waals surface area (Å²) in [6.45, 7) is 27.1. The third-order valence-corrected chi connectivity index (χ3v) is 23.3. The smallest absolute Gasteiger partial charge is 0.338 e. The van der Waals surface area contributed by atoms with Gasteiger partial charge in [-0.2, -0.15) is 0 Å². The van der Waals surface area contributed by atoms with Gasteiger partial charge in [-0.3, -0.25) is 80.9 Å². The minimum absolute atomic E-state index is 0.0580. The molecule has 142 heavy (non-hydrogen) atoms. The van der Waals surface area contributed by atoms with Crippen molar-refractivity contribution < 1.29 is 96.3 Å². The Bertz CT molecular complexity index is 7190. The lowest BCUT2D eigenvalue weighted by molar-refractivity contribution is -0.395. The fourth-order valence-corrected chi connectivity index (χ4v) is 16.4. The highest BCUT2D eigenvalue weighted by Gasteiger charge is 2.38. The molecule has 17 rings (SSSR count). The highest BCUT2D eigenvalue weighted by atomic mass is 16.7. The van der Waals surface area contributed by atoms with Crippen LogP contribution in [0.3, 0.4) is 0 Å². The number of ether oxygens (including phenoxy) is 10. The average molecular weight is 1920 g/mol. The first-order valence-electron chi connectivity index (χ1n) is 43.8. The lowest BCUT2D eigenvalue weighted by Crippen LogP contribution is -2.16. The molecule has 0 amide bonds. The highest BCUT2D eigenvalue weighted by Crippen LogP contribution is 2.54. The number of carbonyl (C=O) groups excluding carboxylic acids is 2. The van der Waals surface area contributed by atoms with E-state index in [1.807, 2.05) is 107 Å². The maximum absolute atomic E-state index is 13.6. The molecule has 7 heterocycles. The summed E-state index contributed by atoms with van der Waals surface area (Å²) in [7, 11) is 0. The molecule has 13 aromatic rings. The van der Waals surface area contributed by atoms with Gasteiger partial charge in [0, 0.05) is 92.9 Å². The number of hydrogen-bond acceptors (Lipinski definition) is 30. The van der Waals surface area contributed by atoms with Gasteiger partial charge in [-0.1, -0.05) is 119 Å². The van der Waals surface area contributed by atoms with Gasteiger partial charge in [0.25, 0.3) is 0 Å². The van der Waals surface area contributed by atoms with Crippen molar-refractivity contribution in [1.82, 2.24) is 19.9 Å². The van der Waals surface area contributed by atoms with E-state index in [9.17, 15) is 90.5 Å². The second-order valence-electron chi connectivity index (χ2n) is 37.3. The van der Waals surface area contributed by atoms with Gasteiger partial charge in [-0.15, -0.1) is 0 Å². The molecule has 0 saturated heterocycles. The number of esters is 2. The van der Waals surface area contributed by atoms with Crippen LogP contribution in [-0.4, -0.2) is 84.5 Å². The molecule has 3 aromatic heterocycles. The molecular formula is C102H82N12O28. The predicted molar refractivity (Wildman–Crippen MR) is 520 cm³/mol. The molecule has 0 atom stereocenters. The number of rotatable bonds is 16. The zero-order valence-electron chi connectivity index (χ0n) is 77.9. The summed E-state index contributed by atoms with van der Waals surface area (Å²) in [6.07, 6.45) is 6.85. The molecule has 0 radical (unpaired) electrons. The Labute approximate surface area is 803 Å². The molecule has 0 aliphatic carbocycles. The maximum Gasteiger partial charge on any atom is 0.338 e. The summed E-state index contributed by atoms with van der Waals surface area (Å²) in [4.78, 5) is 144. The van der Waals surface area contributed by atoms with Gasteiger partial charge in [-0.25, -0.2) is 19.6 Å². The van der Waals surface area contributed by atoms with Gasteiger partial charge >= 0.3 is 57.4 Å². The van der Waals surface area contributed by atoms with Crippen molar-refractivity contribution in [3.05, 3.63) is 319 Å². The molecule has 40 nitrogen and oxygen atoms in total. The van der Waals surface area contributed by atoms with Crippen molar-refractivity contribution >= 4 is 104 Å². The number of benzene rings is 10. The SMILES string of the molecule is CCOC(=O)c1cc2cc(c1)Oc1cc(c([N+](=O)[O-])cc1[N+](=O)[O-])Oc1cc(cc(-c3c4nc(c(-c5cc(C(C)(C)C)cc(C(C)(C)C)c5)c5ccc([nH]5)c(-c5cc6cc(c5)Oc5cc(c([N+](=O)[O-])cc5[N+](=O)[O-])Oc5cc(cc(C(=O)OCC)c5)Oc5cc(c([N+](=O)[O-])cc5[N+](=O)[O-])O6)c5nc(c(-c6cc(C(C)(C)C)cc(C(C)(C)C)c6)c6ccc3[nH]6)C=C5)C=C4)c1)Oc1cc(c([N+](=O)[O-])cc1[N+](=O)[O-])O2. The number of H-pyrrole nitrogens is 2. The molecule has 0 fully saturated rings. The second-order valence-corrected chi connectivity index (χ2v) is 37.3. The first-order valence-corrected chi connectivity index (χ1v) is 43.8. The number of nitro groups is 8. The van der Waals surface area contributed by atoms with E-state index in [-0.39, 0.29) is 103 Å². The van der Waals surface area contributed by atoms with Crippen LogP contribution in [0.25, 0.3) is 90.9 Å². The van der Waals surface area contributed by atoms with E-state index < -0.39 is 187 Å². The minimum atomic E-state index is -1.00. The van der Waals surface area contributed by atoms with Crippen molar-refractivity contribution in [3.63, 3.8) is 0 Å². The van der Waals surface area contributed by atoms with Gasteiger partial charge in [0.2, 0.25) is 46.0 Å². The quantitative estimate of drug-likeness (QED) is 0.0515. The Kier molecular flexibility index (Phi) is 24.2. The Morgan fingerprint density at radius 3 is 0.627 bits per heavy atom. The predicted octanol–water partition coefficient (Wildman–Crippen LogP) is 27.1. The molecule has 0 saturated carbocycles. The molecule has 718 valence electrons. The van der Waals surface area contributed by atoms with Crippen LogP contribution in [0, 0.1) is 80.9 Å². The van der Waals surface area contributed by atoms with Crippen LogP contribution in [0.1, 0.15) is 163 Å². The van der Waals surface area contributed by atoms with Crippen molar-refractivity contribution in [2.24, 2.45) is 0 Å². The lowest BCUT2D eigenvalue weighted by atomic mass is 9.78. The van der Waals surface area contributed by atoms with E-state index >= 15 is 0 Å². The zero-order chi connectivity index (χ0) is 102. The number of nitro benzene ring substituents is 8. The van der Waals surface area contributed by atoms with Gasteiger partial charge in [0.05, 0.1) is 86.5 Å². The standard InChI is InChI=1S/C102H82N12O28/c1-15-133-97(115)55-33-65-41-66(34-55)140-90-48-86(78(108(119)120)44-82(90)112(127)128)136-62-30-53(29-61(39-62)135-85-47-89(139-65)81(111(125)126)43-77(85)107(117)118)95-73-21-17-69(103-73)93(51-25-57(99(3,4)5)37-58(26-51)100(6,7)8)71-19-23-75(105-71)96(76-24-20-72(106-76)94(70-18-22-74(95)104-70)52-27-59(101(9,10)11)38-60(28-52)102(12,13)14)54-31-63-40-64(32-54)138-88-50-92(84(114(131)132)46-80(88)110(123)124)142-68-36-56(98(116)134-16-2)35-67(42-68)141-91-49-87(137-63)79(109(121)122)45-83(91)113(129)130/h17-50,103,106H,15-16H2,1-14H3. The van der Waals surface area contributed by atoms with Gasteiger partial charge in [0.1, 0.15) is 70.3 Å². The van der Waals surface area contributed by atoms with E-state index in [4.69, 9.17) is 57.3 Å². The van der Waals surface area contributed by atoms with Crippen LogP contribution in [0.15, 0.2) is 182 Å². The summed E-state index contributed by atoms with van der Waals surface area (Å²) in [5, 5.41) is 106. The fourth-order valence-electron chi connectivity index (χ4n) is 16.4. The van der Waals surface area contributed by atoms with Crippen LogP contribution >= 0.6 is 0 Å². The van der Waals surface area contributed by atoms with Crippen molar-refractivity contribution in [2.45, 2.75) is 119 Å². The molecular weight excluding hydrogens is 1840 g/mol. The van der Waals surface area contributed by atoms with E-state index in [2.05, 4.69) is 22.1 Å². The molecule has 40 heteroatoms. The minimum Gasteiger partial charge on any atom is -0.462 e. The summed E-state index contributed by atoms with van der Waals surface area (Å²) in [6, 6.07) is 39.3. The molecule has 0 unspecified atom stereocenters. The van der Waals surface area contributed by atoms with Crippen molar-refractivity contribution in [3.8, 4) is 136 Å². The van der Waals surface area contributed by atoms with E-state index in [1.54, 1.807) is 48.6 Å². The third-order valence-electron chi connectivity index (χ3n) is 23.3. The van der Waals surface area contributed by atoms with Gasteiger partial charge in [0.15, 0.2) is 0 Å². The normalized spacial score (nSPS) is 12.5. The van der Waals surface area contributed by atoms with Gasteiger partial charge in [-0.05, 0) is 177 Å². The van der Waals surface area contributed by atoms with E-state index in [0.717, 1.165) is 82.9 Å². The lowest BCUT2D eigenvalue weighted by Gasteiger charge is -2.26. The van der Waals surface area contributed by atoms with Crippen molar-refractivity contribution in [1.29, 1.82) is 0 Å². The summed E-state index contributed by atoms with van der Waals surface area (Å²) >= 11 is 0. The van der Waals surface area contributed by atoms with E-state index in [0.29, 0.717) is 57.6 Å². The Balaban J connectivity index is 0.998. The first-order chi connectivity index (χ1) is 67.1. The zero-order valence-corrected chi connectivity index (χ0v) is 77.9. The van der Waals surface area contributed by atoms with Gasteiger partial charge < -0.3 is 57.3 Å². The summed E-state index contributed by atoms with van der Waals surface area (Å²) in [5.74, 6) is -10.8. The number of aromatic nitrogens is 4. The maximum atomic E-state index is 13.6. The van der Waals surface area contributed by atoms with Crippen molar-refractivity contribution in [2.75, 3.05) is 13.2 Å². The van der Waals surface area contributed by atoms with Crippen LogP contribution in [-0.2, 0) is 31.1 Å². The Morgan fingerprint density at radius 2 is 0.451 bits per heavy atom. The third kappa shape index (κ3) is 19.1. The number of carbonyl (C=O) groups is 2. The van der Waals surface area contributed by atoms with Crippen LogP contribution in [0.5, 0.6) is 92.0 Å². The monoisotopic (exact) mass is 1920 g/mol. The number of fused-ring (bicyclic) bond motifs is 24. The summed E-state index contributed by atoms with van der Waals surface area (Å²) < 4.78 is 61.7. The Morgan fingerprint density at radius 1 is 0.268 bits per heavy atom. The second kappa shape index (κ2) is 36.1. The number of hydrogen-bond donors (Lipinski definition) is 2. The van der Waals surface area contributed by atoms with E-state index in [1.165, 1.54) is 50.2 Å². The molecule has 10 aromatic carbocycles. The molecule has 0 spiro atoms. The van der Waals surface area contributed by atoms with Crippen LogP contribution in [0.2, 0.25) is 0 Å². The molecule has 4 aliphatic heterocycles. The number of aromatic amines is 2. The van der Waals surface area contributed by atoms with Crippen LogP contribution < -0.4 is 37.9 Å². The number of nitrogens with zero attached hydrogens (tertiary/aromatic N) is 10.